The largest absolute Gasteiger partial charge is 0.490 e. The Labute approximate surface area is 289 Å². The second-order valence-corrected chi connectivity index (χ2v) is 13.7. The van der Waals surface area contributed by atoms with Gasteiger partial charge in [0, 0.05) is 35.1 Å². The molecule has 0 radical (unpaired) electrons. The molecule has 0 saturated carbocycles. The van der Waals surface area contributed by atoms with Crippen LogP contribution in [0, 0.1) is 0 Å². The molecule has 0 saturated heterocycles. The standard InChI is InChI=1S/C39H47N5O5/c1-25(41-8)32-21-27(17-18-34(32)44-37(46)49-39(5,6)7)33-22-31(23-42-35(33)28-15-12-16-29(40)20-28)47-24-30(19-26-13-10-9-11-14-26)43-36(45)48-38(2,3)4/h9-18,20-23,30H,19,24,40H2,1-8H3,(H,43,45)(H,44,46)/t30-/m0/s1. The lowest BCUT2D eigenvalue weighted by molar-refractivity contribution is 0.0487. The molecule has 0 aliphatic rings. The molecule has 0 aliphatic heterocycles. The van der Waals surface area contributed by atoms with Crippen molar-refractivity contribution in [3.8, 4) is 28.1 Å². The lowest BCUT2D eigenvalue weighted by atomic mass is 9.95. The summed E-state index contributed by atoms with van der Waals surface area (Å²) in [5, 5.41) is 5.83. The number of hydrogen-bond acceptors (Lipinski definition) is 8. The molecule has 0 fully saturated rings. The van der Waals surface area contributed by atoms with Gasteiger partial charge in [-0.1, -0.05) is 48.5 Å². The smallest absolute Gasteiger partial charge is 0.412 e. The number of nitrogen functional groups attached to an aromatic ring is 1. The highest BCUT2D eigenvalue weighted by Gasteiger charge is 2.22. The van der Waals surface area contributed by atoms with Crippen LogP contribution in [0.15, 0.2) is 90.1 Å². The maximum atomic E-state index is 12.8. The Kier molecular flexibility index (Phi) is 11.7. The number of ether oxygens (including phenoxy) is 3. The first-order valence-electron chi connectivity index (χ1n) is 16.2. The van der Waals surface area contributed by atoms with Gasteiger partial charge in [0.15, 0.2) is 0 Å². The molecule has 4 N–H and O–H groups in total. The highest BCUT2D eigenvalue weighted by molar-refractivity contribution is 6.07. The van der Waals surface area contributed by atoms with Crippen molar-refractivity contribution < 1.29 is 23.8 Å². The molecule has 0 bridgehead atoms. The SMILES string of the molecule is CN=C(C)c1cc(-c2cc(OC[C@H](Cc3ccccc3)NC(=O)OC(C)(C)C)cnc2-c2cccc(N)c2)ccc1NC(=O)OC(C)(C)C. The van der Waals surface area contributed by atoms with Crippen molar-refractivity contribution in [3.63, 3.8) is 0 Å². The third-order valence-corrected chi connectivity index (χ3v) is 7.21. The van der Waals surface area contributed by atoms with E-state index >= 15 is 0 Å². The number of carbonyl (C=O) groups excluding carboxylic acids is 2. The van der Waals surface area contributed by atoms with Crippen LogP contribution in [0.4, 0.5) is 21.0 Å². The highest BCUT2D eigenvalue weighted by Crippen LogP contribution is 2.36. The molecule has 4 aromatic rings. The van der Waals surface area contributed by atoms with Gasteiger partial charge in [0.05, 0.1) is 23.6 Å². The zero-order valence-corrected chi connectivity index (χ0v) is 29.6. The van der Waals surface area contributed by atoms with Gasteiger partial charge in [0.25, 0.3) is 0 Å². The quantitative estimate of drug-likeness (QED) is 0.114. The first-order chi connectivity index (χ1) is 23.1. The first kappa shape index (κ1) is 36.5. The van der Waals surface area contributed by atoms with E-state index < -0.39 is 23.4 Å². The zero-order valence-electron chi connectivity index (χ0n) is 29.6. The monoisotopic (exact) mass is 665 g/mol. The third-order valence-electron chi connectivity index (χ3n) is 7.21. The number of amides is 2. The van der Waals surface area contributed by atoms with Crippen LogP contribution in [-0.2, 0) is 15.9 Å². The van der Waals surface area contributed by atoms with Crippen molar-refractivity contribution in [1.29, 1.82) is 0 Å². The lowest BCUT2D eigenvalue weighted by Crippen LogP contribution is -2.43. The molecule has 49 heavy (non-hydrogen) atoms. The van der Waals surface area contributed by atoms with Gasteiger partial charge in [-0.3, -0.25) is 15.3 Å². The summed E-state index contributed by atoms with van der Waals surface area (Å²) in [6, 6.07) is 24.6. The molecule has 2 amide bonds. The van der Waals surface area contributed by atoms with Gasteiger partial charge < -0.3 is 25.3 Å². The van der Waals surface area contributed by atoms with E-state index in [1.54, 1.807) is 13.2 Å². The minimum absolute atomic E-state index is 0.165. The summed E-state index contributed by atoms with van der Waals surface area (Å²) < 4.78 is 17.3. The summed E-state index contributed by atoms with van der Waals surface area (Å²) in [4.78, 5) is 34.7. The van der Waals surface area contributed by atoms with E-state index in [2.05, 4.69) is 15.6 Å². The Hall–Kier alpha value is -5.38. The fourth-order valence-electron chi connectivity index (χ4n) is 5.04. The molecule has 0 unspecified atom stereocenters. The van der Waals surface area contributed by atoms with Crippen LogP contribution >= 0.6 is 0 Å². The molecular weight excluding hydrogens is 618 g/mol. The molecule has 1 atom stereocenters. The number of anilines is 2. The van der Waals surface area contributed by atoms with E-state index in [0.29, 0.717) is 29.2 Å². The minimum Gasteiger partial charge on any atom is -0.490 e. The molecule has 3 aromatic carbocycles. The molecule has 10 heteroatoms. The Bertz CT molecular complexity index is 1790. The van der Waals surface area contributed by atoms with Crippen molar-refractivity contribution >= 4 is 29.3 Å². The number of rotatable bonds is 10. The number of nitrogens with zero attached hydrogens (tertiary/aromatic N) is 2. The number of hydrogen-bond donors (Lipinski definition) is 3. The van der Waals surface area contributed by atoms with Crippen molar-refractivity contribution in [2.75, 3.05) is 24.7 Å². The van der Waals surface area contributed by atoms with Crippen molar-refractivity contribution in [2.45, 2.75) is 72.1 Å². The van der Waals surface area contributed by atoms with Gasteiger partial charge in [-0.05, 0) is 96.3 Å². The fourth-order valence-corrected chi connectivity index (χ4v) is 5.04. The Morgan fingerprint density at radius 1 is 0.857 bits per heavy atom. The van der Waals surface area contributed by atoms with E-state index in [-0.39, 0.29) is 12.6 Å². The molecule has 1 aromatic heterocycles. The number of aliphatic imine (C=N–C) groups is 1. The number of aromatic nitrogens is 1. The lowest BCUT2D eigenvalue weighted by Gasteiger charge is -2.24. The normalized spacial score (nSPS) is 12.5. The number of pyridine rings is 1. The summed E-state index contributed by atoms with van der Waals surface area (Å²) in [7, 11) is 1.70. The predicted molar refractivity (Wildman–Crippen MR) is 196 cm³/mol. The number of benzene rings is 3. The second-order valence-electron chi connectivity index (χ2n) is 13.7. The topological polar surface area (TPSA) is 137 Å². The molecule has 4 rings (SSSR count). The highest BCUT2D eigenvalue weighted by atomic mass is 16.6. The van der Waals surface area contributed by atoms with Crippen LogP contribution in [0.3, 0.4) is 0 Å². The number of alkyl carbamates (subject to hydrolysis) is 1. The van der Waals surface area contributed by atoms with Crippen molar-refractivity contribution in [2.24, 2.45) is 4.99 Å². The van der Waals surface area contributed by atoms with Gasteiger partial charge in [-0.25, -0.2) is 9.59 Å². The maximum Gasteiger partial charge on any atom is 0.412 e. The average molecular weight is 666 g/mol. The summed E-state index contributed by atoms with van der Waals surface area (Å²) in [6.45, 7) is 12.9. The van der Waals surface area contributed by atoms with Crippen molar-refractivity contribution in [3.05, 3.63) is 96.2 Å². The Morgan fingerprint density at radius 2 is 1.55 bits per heavy atom. The van der Waals surface area contributed by atoms with E-state index in [9.17, 15) is 9.59 Å². The molecule has 258 valence electrons. The molecule has 0 spiro atoms. The van der Waals surface area contributed by atoms with Crippen LogP contribution in [0.2, 0.25) is 0 Å². The molecular formula is C39H47N5O5. The average Bonchev–Trinajstić information content (AvgIpc) is 3.02. The summed E-state index contributed by atoms with van der Waals surface area (Å²) >= 11 is 0. The molecule has 0 aliphatic carbocycles. The van der Waals surface area contributed by atoms with Crippen LogP contribution in [0.1, 0.15) is 59.6 Å². The number of nitrogens with two attached hydrogens (primary N) is 1. The number of carbonyl (C=O) groups is 2. The Morgan fingerprint density at radius 3 is 2.20 bits per heavy atom. The molecule has 10 nitrogen and oxygen atoms in total. The van der Waals surface area contributed by atoms with Gasteiger partial charge in [-0.2, -0.15) is 0 Å². The van der Waals surface area contributed by atoms with Crippen molar-refractivity contribution in [1.82, 2.24) is 10.3 Å². The summed E-state index contributed by atoms with van der Waals surface area (Å²) in [5.74, 6) is 0.505. The number of nitrogens with one attached hydrogen (secondary N) is 2. The van der Waals surface area contributed by atoms with Gasteiger partial charge in [0.1, 0.15) is 23.6 Å². The predicted octanol–water partition coefficient (Wildman–Crippen LogP) is 8.30. The van der Waals surface area contributed by atoms with Crippen LogP contribution in [0.25, 0.3) is 22.4 Å². The third kappa shape index (κ3) is 11.1. The minimum atomic E-state index is -0.654. The van der Waals surface area contributed by atoms with Gasteiger partial charge >= 0.3 is 12.2 Å². The van der Waals surface area contributed by atoms with E-state index in [1.807, 2.05) is 127 Å². The van der Waals surface area contributed by atoms with Gasteiger partial charge in [0.2, 0.25) is 0 Å². The Balaban J connectivity index is 1.71. The van der Waals surface area contributed by atoms with Crippen LogP contribution in [-0.4, -0.2) is 53.8 Å². The summed E-state index contributed by atoms with van der Waals surface area (Å²) in [6.07, 6.45) is 1.11. The van der Waals surface area contributed by atoms with Crippen LogP contribution in [0.5, 0.6) is 5.75 Å². The fraction of sp³-hybridized carbons (Fsp3) is 0.333. The van der Waals surface area contributed by atoms with Gasteiger partial charge in [-0.15, -0.1) is 0 Å². The summed E-state index contributed by atoms with van der Waals surface area (Å²) in [5.41, 5.74) is 11.6. The maximum absolute atomic E-state index is 12.8. The molecule has 1 heterocycles. The first-order valence-corrected chi connectivity index (χ1v) is 16.2. The zero-order chi connectivity index (χ0) is 35.8. The van der Waals surface area contributed by atoms with E-state index in [1.165, 1.54) is 0 Å². The second kappa shape index (κ2) is 15.7. The van der Waals surface area contributed by atoms with Crippen LogP contribution < -0.4 is 21.1 Å². The van der Waals surface area contributed by atoms with E-state index in [0.717, 1.165) is 33.5 Å². The van der Waals surface area contributed by atoms with E-state index in [4.69, 9.17) is 24.9 Å².